The molecule has 0 spiro atoms. The molecule has 11 nitrogen and oxygen atoms in total. The number of hydrogen-bond donors (Lipinski definition) is 1. The van der Waals surface area contributed by atoms with E-state index < -0.39 is 15.8 Å². The summed E-state index contributed by atoms with van der Waals surface area (Å²) in [4.78, 5) is 28.0. The van der Waals surface area contributed by atoms with Gasteiger partial charge in [0.05, 0.1) is 20.3 Å². The molecule has 0 saturated carbocycles. The number of nitrogens with zero attached hydrogens (tertiary/aromatic N) is 4. The molecule has 2 heterocycles. The highest BCUT2D eigenvalue weighted by Crippen LogP contribution is 2.32. The molecular formula is C18H16N4O7S. The zero-order chi connectivity index (χ0) is 21.9. The number of hydrogen-bond acceptors (Lipinski definition) is 10. The van der Waals surface area contributed by atoms with Gasteiger partial charge in [-0.1, -0.05) is 12.1 Å². The number of carboxylic acids is 1. The van der Waals surface area contributed by atoms with Gasteiger partial charge in [-0.25, -0.2) is 23.2 Å². The van der Waals surface area contributed by atoms with Crippen molar-refractivity contribution >= 4 is 15.8 Å². The SMILES string of the molecule is COc1cc(OC)nc(Oc2cccc(-c3nccc(S(C)(=O)=O)n3)c2C(=O)O)n1. The highest BCUT2D eigenvalue weighted by molar-refractivity contribution is 7.90. The number of benzene rings is 1. The van der Waals surface area contributed by atoms with Gasteiger partial charge < -0.3 is 19.3 Å². The van der Waals surface area contributed by atoms with E-state index in [0.29, 0.717) is 0 Å². The minimum Gasteiger partial charge on any atom is -0.481 e. The molecule has 0 saturated heterocycles. The minimum absolute atomic E-state index is 0.0559. The molecule has 12 heteroatoms. The lowest BCUT2D eigenvalue weighted by Crippen LogP contribution is -2.07. The summed E-state index contributed by atoms with van der Waals surface area (Å²) < 4.78 is 39.3. The summed E-state index contributed by atoms with van der Waals surface area (Å²) in [7, 11) is -0.838. The van der Waals surface area contributed by atoms with Gasteiger partial charge in [-0.05, 0) is 12.1 Å². The molecule has 2 aromatic heterocycles. The van der Waals surface area contributed by atoms with Crippen LogP contribution < -0.4 is 14.2 Å². The summed E-state index contributed by atoms with van der Waals surface area (Å²) in [6.45, 7) is 0. The Morgan fingerprint density at radius 3 is 2.27 bits per heavy atom. The highest BCUT2D eigenvalue weighted by atomic mass is 32.2. The lowest BCUT2D eigenvalue weighted by Gasteiger charge is -2.12. The molecule has 0 aliphatic carbocycles. The van der Waals surface area contributed by atoms with E-state index in [-0.39, 0.29) is 45.5 Å². The summed E-state index contributed by atoms with van der Waals surface area (Å²) in [6.07, 6.45) is 2.22. The van der Waals surface area contributed by atoms with Crippen molar-refractivity contribution in [2.45, 2.75) is 5.03 Å². The number of methoxy groups -OCH3 is 2. The monoisotopic (exact) mass is 432 g/mol. The summed E-state index contributed by atoms with van der Waals surface area (Å²) in [5.41, 5.74) is -0.242. The lowest BCUT2D eigenvalue weighted by molar-refractivity contribution is 0.0695. The third kappa shape index (κ3) is 4.43. The Balaban J connectivity index is 2.12. The molecule has 3 aromatic rings. The van der Waals surface area contributed by atoms with Crippen molar-refractivity contribution in [3.8, 4) is 34.9 Å². The fraction of sp³-hybridized carbons (Fsp3) is 0.167. The molecule has 0 aliphatic heterocycles. The van der Waals surface area contributed by atoms with E-state index in [9.17, 15) is 18.3 Å². The summed E-state index contributed by atoms with van der Waals surface area (Å²) in [6, 6.07) is 6.76. The molecule has 156 valence electrons. The first-order chi connectivity index (χ1) is 14.2. The minimum atomic E-state index is -3.62. The molecule has 0 amide bonds. The second-order valence-electron chi connectivity index (χ2n) is 5.81. The summed E-state index contributed by atoms with van der Waals surface area (Å²) in [5, 5.41) is 9.53. The Labute approximate surface area is 171 Å². The zero-order valence-corrected chi connectivity index (χ0v) is 16.9. The van der Waals surface area contributed by atoms with Crippen LogP contribution in [0.15, 0.2) is 41.6 Å². The number of aromatic nitrogens is 4. The number of carboxylic acid groups (broad SMARTS) is 1. The standard InChI is InChI=1S/C18H16N4O7S/c1-27-12-9-13(28-2)21-18(20-12)29-11-6-4-5-10(15(11)17(23)24)16-19-8-7-14(22-16)30(3,25)26/h4-9H,1-3H3,(H,23,24). The molecule has 3 rings (SSSR count). The van der Waals surface area contributed by atoms with E-state index in [1.54, 1.807) is 0 Å². The average Bonchev–Trinajstić information content (AvgIpc) is 2.72. The van der Waals surface area contributed by atoms with E-state index in [1.807, 2.05) is 0 Å². The molecule has 0 unspecified atom stereocenters. The quantitative estimate of drug-likeness (QED) is 0.545. The van der Waals surface area contributed by atoms with Crippen molar-refractivity contribution in [1.82, 2.24) is 19.9 Å². The van der Waals surface area contributed by atoms with Gasteiger partial charge >= 0.3 is 12.0 Å². The number of rotatable bonds is 7. The first-order valence-electron chi connectivity index (χ1n) is 8.27. The molecular weight excluding hydrogens is 416 g/mol. The van der Waals surface area contributed by atoms with Crippen LogP contribution in [0.25, 0.3) is 11.4 Å². The van der Waals surface area contributed by atoms with Crippen molar-refractivity contribution in [3.05, 3.63) is 42.1 Å². The molecule has 30 heavy (non-hydrogen) atoms. The maximum Gasteiger partial charge on any atom is 0.340 e. The first kappa shape index (κ1) is 20.9. The van der Waals surface area contributed by atoms with Crippen LogP contribution in [0.2, 0.25) is 0 Å². The number of ether oxygens (including phenoxy) is 3. The predicted octanol–water partition coefficient (Wildman–Crippen LogP) is 1.84. The Kier molecular flexibility index (Phi) is 5.78. The van der Waals surface area contributed by atoms with E-state index in [2.05, 4.69) is 19.9 Å². The Hall–Kier alpha value is -3.80. The Bertz CT molecular complexity index is 1190. The van der Waals surface area contributed by atoms with Gasteiger partial charge in [0.25, 0.3) is 0 Å². The second-order valence-corrected chi connectivity index (χ2v) is 7.77. The van der Waals surface area contributed by atoms with Crippen molar-refractivity contribution in [2.75, 3.05) is 20.5 Å². The number of sulfone groups is 1. The van der Waals surface area contributed by atoms with Crippen LogP contribution in [0.5, 0.6) is 23.5 Å². The van der Waals surface area contributed by atoms with Gasteiger partial charge in [-0.2, -0.15) is 9.97 Å². The van der Waals surface area contributed by atoms with E-state index in [0.717, 1.165) is 6.26 Å². The van der Waals surface area contributed by atoms with Crippen molar-refractivity contribution in [2.24, 2.45) is 0 Å². The topological polar surface area (TPSA) is 151 Å². The van der Waals surface area contributed by atoms with Crippen LogP contribution in [0.3, 0.4) is 0 Å². The third-order valence-electron chi connectivity index (χ3n) is 3.77. The summed E-state index contributed by atoms with van der Waals surface area (Å²) in [5.74, 6) is -1.25. The van der Waals surface area contributed by atoms with E-state index in [1.165, 1.54) is 50.7 Å². The van der Waals surface area contributed by atoms with Crippen LogP contribution in [-0.4, -0.2) is 59.9 Å². The van der Waals surface area contributed by atoms with Gasteiger partial charge in [-0.3, -0.25) is 0 Å². The maximum atomic E-state index is 12.0. The normalized spacial score (nSPS) is 11.0. The maximum absolute atomic E-state index is 12.0. The molecule has 0 radical (unpaired) electrons. The molecule has 0 fully saturated rings. The number of aromatic carboxylic acids is 1. The predicted molar refractivity (Wildman–Crippen MR) is 103 cm³/mol. The van der Waals surface area contributed by atoms with E-state index in [4.69, 9.17) is 14.2 Å². The fourth-order valence-electron chi connectivity index (χ4n) is 2.44. The van der Waals surface area contributed by atoms with Crippen LogP contribution in [0.4, 0.5) is 0 Å². The van der Waals surface area contributed by atoms with Crippen molar-refractivity contribution < 1.29 is 32.5 Å². The van der Waals surface area contributed by atoms with Crippen LogP contribution in [0.1, 0.15) is 10.4 Å². The van der Waals surface area contributed by atoms with Crippen LogP contribution in [-0.2, 0) is 9.84 Å². The molecule has 0 aliphatic rings. The smallest absolute Gasteiger partial charge is 0.340 e. The molecule has 0 bridgehead atoms. The Morgan fingerprint density at radius 1 is 1.03 bits per heavy atom. The van der Waals surface area contributed by atoms with Gasteiger partial charge in [0, 0.05) is 18.0 Å². The fourth-order valence-corrected chi connectivity index (χ4v) is 3.00. The van der Waals surface area contributed by atoms with Crippen molar-refractivity contribution in [1.29, 1.82) is 0 Å². The largest absolute Gasteiger partial charge is 0.481 e. The average molecular weight is 432 g/mol. The molecule has 0 atom stereocenters. The molecule has 1 N–H and O–H groups in total. The summed E-state index contributed by atoms with van der Waals surface area (Å²) >= 11 is 0. The van der Waals surface area contributed by atoms with Gasteiger partial charge in [0.15, 0.2) is 20.7 Å². The zero-order valence-electron chi connectivity index (χ0n) is 16.1. The van der Waals surface area contributed by atoms with Gasteiger partial charge in [0.1, 0.15) is 11.3 Å². The van der Waals surface area contributed by atoms with Crippen LogP contribution in [0, 0.1) is 0 Å². The molecule has 1 aromatic carbocycles. The van der Waals surface area contributed by atoms with Gasteiger partial charge in [-0.15, -0.1) is 0 Å². The van der Waals surface area contributed by atoms with E-state index >= 15 is 0 Å². The van der Waals surface area contributed by atoms with Crippen molar-refractivity contribution in [3.63, 3.8) is 0 Å². The van der Waals surface area contributed by atoms with Crippen LogP contribution >= 0.6 is 0 Å². The highest BCUT2D eigenvalue weighted by Gasteiger charge is 2.22. The third-order valence-corrected chi connectivity index (χ3v) is 4.76. The van der Waals surface area contributed by atoms with Gasteiger partial charge in [0.2, 0.25) is 11.8 Å². The second kappa shape index (κ2) is 8.29. The lowest BCUT2D eigenvalue weighted by atomic mass is 10.1. The first-order valence-corrected chi connectivity index (χ1v) is 10.2. The Morgan fingerprint density at radius 2 is 1.70 bits per heavy atom. The number of carbonyl (C=O) groups is 1.